The molecule has 2 unspecified atom stereocenters. The minimum atomic E-state index is -0.902. The average Bonchev–Trinajstić information content (AvgIpc) is 2.99. The lowest BCUT2D eigenvalue weighted by atomic mass is 9.78. The summed E-state index contributed by atoms with van der Waals surface area (Å²) in [6.45, 7) is 0.704. The van der Waals surface area contributed by atoms with Gasteiger partial charge in [0.2, 0.25) is 0 Å². The van der Waals surface area contributed by atoms with Crippen molar-refractivity contribution in [2.75, 3.05) is 0 Å². The minimum absolute atomic E-state index is 0.00628. The van der Waals surface area contributed by atoms with Crippen molar-refractivity contribution in [2.45, 2.75) is 63.0 Å². The molecule has 2 aromatic rings. The Hall–Kier alpha value is -2.45. The van der Waals surface area contributed by atoms with Crippen LogP contribution in [0.1, 0.15) is 36.8 Å². The van der Waals surface area contributed by atoms with Crippen molar-refractivity contribution in [1.82, 2.24) is 15.5 Å². The topological polar surface area (TPSA) is 94.1 Å². The van der Waals surface area contributed by atoms with E-state index in [4.69, 9.17) is 4.74 Å². The van der Waals surface area contributed by atoms with Crippen molar-refractivity contribution in [3.8, 4) is 0 Å². The highest BCUT2D eigenvalue weighted by Gasteiger charge is 2.52. The molecule has 7 nitrogen and oxygen atoms in total. The van der Waals surface area contributed by atoms with Crippen LogP contribution in [0.5, 0.6) is 0 Å². The molecular formula is C23H29N3O4. The molecule has 7 heteroatoms. The van der Waals surface area contributed by atoms with Crippen LogP contribution in [0.25, 0.3) is 0 Å². The summed E-state index contributed by atoms with van der Waals surface area (Å²) in [7, 11) is 0. The lowest BCUT2D eigenvalue weighted by Gasteiger charge is -2.40. The number of hydrogen-bond acceptors (Lipinski definition) is 6. The fourth-order valence-corrected chi connectivity index (χ4v) is 4.44. The number of ether oxygens (including phenoxy) is 1. The summed E-state index contributed by atoms with van der Waals surface area (Å²) in [5.41, 5.74) is 1.41. The van der Waals surface area contributed by atoms with E-state index in [9.17, 15) is 15.0 Å². The van der Waals surface area contributed by atoms with E-state index >= 15 is 0 Å². The maximum absolute atomic E-state index is 12.1. The lowest BCUT2D eigenvalue weighted by molar-refractivity contribution is -0.0770. The summed E-state index contributed by atoms with van der Waals surface area (Å²) in [5.74, 6) is 0. The Morgan fingerprint density at radius 2 is 1.63 bits per heavy atom. The second kappa shape index (κ2) is 9.14. The number of nitrogens with one attached hydrogen (secondary N) is 2. The first-order valence-corrected chi connectivity index (χ1v) is 10.5. The Bertz CT molecular complexity index is 825. The van der Waals surface area contributed by atoms with Gasteiger partial charge in [-0.2, -0.15) is 0 Å². The molecule has 1 amide bonds. The minimum Gasteiger partial charge on any atom is -0.445 e. The highest BCUT2D eigenvalue weighted by atomic mass is 16.5. The number of benzene rings is 2. The van der Waals surface area contributed by atoms with Crippen LogP contribution in [-0.4, -0.2) is 45.4 Å². The van der Waals surface area contributed by atoms with Gasteiger partial charge in [0.05, 0.1) is 5.54 Å². The van der Waals surface area contributed by atoms with E-state index in [1.165, 1.54) is 0 Å². The Kier molecular flexibility index (Phi) is 6.34. The van der Waals surface area contributed by atoms with Crippen LogP contribution in [-0.2, 0) is 17.9 Å². The molecule has 2 fully saturated rings. The number of rotatable bonds is 5. The second-order valence-corrected chi connectivity index (χ2v) is 8.19. The first kappa shape index (κ1) is 20.8. The Balaban J connectivity index is 1.27. The van der Waals surface area contributed by atoms with Crippen LogP contribution in [0.15, 0.2) is 60.7 Å². The van der Waals surface area contributed by atoms with Crippen molar-refractivity contribution < 1.29 is 19.7 Å². The van der Waals surface area contributed by atoms with Gasteiger partial charge in [-0.05, 0) is 36.8 Å². The number of hydrogen-bond donors (Lipinski definition) is 4. The van der Waals surface area contributed by atoms with Crippen molar-refractivity contribution in [2.24, 2.45) is 0 Å². The molecule has 1 aliphatic heterocycles. The van der Waals surface area contributed by atoms with Gasteiger partial charge < -0.3 is 20.3 Å². The van der Waals surface area contributed by atoms with E-state index in [0.29, 0.717) is 32.2 Å². The van der Waals surface area contributed by atoms with Crippen molar-refractivity contribution >= 4 is 6.09 Å². The third-order valence-electron chi connectivity index (χ3n) is 6.16. The number of alkyl carbamates (subject to hydrolysis) is 1. The molecule has 1 saturated heterocycles. The Labute approximate surface area is 176 Å². The molecular weight excluding hydrogens is 382 g/mol. The van der Waals surface area contributed by atoms with E-state index in [-0.39, 0.29) is 12.6 Å². The number of amides is 1. The first-order valence-electron chi connectivity index (χ1n) is 10.5. The van der Waals surface area contributed by atoms with Gasteiger partial charge in [0.1, 0.15) is 12.8 Å². The largest absolute Gasteiger partial charge is 0.445 e. The third-order valence-corrected chi connectivity index (χ3v) is 6.16. The molecule has 160 valence electrons. The van der Waals surface area contributed by atoms with Crippen molar-refractivity contribution in [1.29, 1.82) is 0 Å². The highest BCUT2D eigenvalue weighted by molar-refractivity contribution is 5.67. The summed E-state index contributed by atoms with van der Waals surface area (Å²) >= 11 is 0. The zero-order valence-electron chi connectivity index (χ0n) is 16.9. The van der Waals surface area contributed by atoms with Crippen molar-refractivity contribution in [3.63, 3.8) is 0 Å². The standard InChI is InChI=1S/C23H29N3O4/c27-20-23(25-21(28)26(20)15-17-7-3-1-4-8-17)13-11-19(12-14-23)24-22(29)30-16-18-9-5-2-6-10-18/h1-10,19-21,25,27-28H,11-16H2,(H,24,29). The van der Waals surface area contributed by atoms with E-state index in [1.807, 2.05) is 60.7 Å². The molecule has 30 heavy (non-hydrogen) atoms. The van der Waals surface area contributed by atoms with E-state index < -0.39 is 24.2 Å². The predicted molar refractivity (Wildman–Crippen MR) is 112 cm³/mol. The predicted octanol–water partition coefficient (Wildman–Crippen LogP) is 2.29. The van der Waals surface area contributed by atoms with Gasteiger partial charge in [0.25, 0.3) is 0 Å². The molecule has 0 radical (unpaired) electrons. The molecule has 0 aromatic heterocycles. The molecule has 2 aromatic carbocycles. The normalized spacial score (nSPS) is 29.1. The van der Waals surface area contributed by atoms with Crippen LogP contribution >= 0.6 is 0 Å². The van der Waals surface area contributed by atoms with Crippen LogP contribution in [0, 0.1) is 0 Å². The second-order valence-electron chi connectivity index (χ2n) is 8.19. The summed E-state index contributed by atoms with van der Waals surface area (Å²) in [6, 6.07) is 19.4. The molecule has 0 bridgehead atoms. The van der Waals surface area contributed by atoms with Crippen LogP contribution in [0.3, 0.4) is 0 Å². The zero-order valence-corrected chi connectivity index (χ0v) is 16.9. The summed E-state index contributed by atoms with van der Waals surface area (Å²) < 4.78 is 5.31. The average molecular weight is 412 g/mol. The Morgan fingerprint density at radius 3 is 2.27 bits per heavy atom. The van der Waals surface area contributed by atoms with Crippen LogP contribution < -0.4 is 10.6 Å². The lowest BCUT2D eigenvalue weighted by Crippen LogP contribution is -2.55. The van der Waals surface area contributed by atoms with Gasteiger partial charge in [-0.3, -0.25) is 5.32 Å². The maximum atomic E-state index is 12.1. The third kappa shape index (κ3) is 4.65. The maximum Gasteiger partial charge on any atom is 0.407 e. The Morgan fingerprint density at radius 1 is 1.03 bits per heavy atom. The number of aliphatic hydroxyl groups excluding tert-OH is 2. The van der Waals surface area contributed by atoms with E-state index in [0.717, 1.165) is 11.1 Å². The van der Waals surface area contributed by atoms with Crippen LogP contribution in [0.2, 0.25) is 0 Å². The van der Waals surface area contributed by atoms with Gasteiger partial charge in [-0.25, -0.2) is 9.69 Å². The quantitative estimate of drug-likeness (QED) is 0.603. The number of nitrogens with zero attached hydrogens (tertiary/aromatic N) is 1. The van der Waals surface area contributed by atoms with Crippen LogP contribution in [0.4, 0.5) is 4.79 Å². The van der Waals surface area contributed by atoms with Gasteiger partial charge in [0, 0.05) is 12.6 Å². The molecule has 1 heterocycles. The van der Waals surface area contributed by atoms with Gasteiger partial charge >= 0.3 is 6.09 Å². The molecule has 2 aliphatic rings. The SMILES string of the molecule is O=C(NC1CCC2(CC1)NC(O)N(Cc1ccccc1)C2O)OCc1ccccc1. The van der Waals surface area contributed by atoms with E-state index in [2.05, 4.69) is 10.6 Å². The fourth-order valence-electron chi connectivity index (χ4n) is 4.44. The van der Waals surface area contributed by atoms with Gasteiger partial charge in [0.15, 0.2) is 6.35 Å². The first-order chi connectivity index (χ1) is 14.6. The fraction of sp³-hybridized carbons (Fsp3) is 0.435. The molecule has 4 rings (SSSR count). The van der Waals surface area contributed by atoms with Gasteiger partial charge in [-0.15, -0.1) is 0 Å². The molecule has 2 atom stereocenters. The molecule has 1 saturated carbocycles. The van der Waals surface area contributed by atoms with Crippen molar-refractivity contribution in [3.05, 3.63) is 71.8 Å². The number of carbonyl (C=O) groups excluding carboxylic acids is 1. The summed E-state index contributed by atoms with van der Waals surface area (Å²) in [4.78, 5) is 13.8. The molecule has 4 N–H and O–H groups in total. The number of carbonyl (C=O) groups is 1. The molecule has 1 spiro atoms. The smallest absolute Gasteiger partial charge is 0.407 e. The van der Waals surface area contributed by atoms with Gasteiger partial charge in [-0.1, -0.05) is 60.7 Å². The number of aliphatic hydroxyl groups is 2. The highest BCUT2D eigenvalue weighted by Crippen LogP contribution is 2.38. The molecule has 1 aliphatic carbocycles. The monoisotopic (exact) mass is 411 g/mol. The summed E-state index contributed by atoms with van der Waals surface area (Å²) in [6.07, 6.45) is 0.595. The van der Waals surface area contributed by atoms with E-state index in [1.54, 1.807) is 4.90 Å². The summed E-state index contributed by atoms with van der Waals surface area (Å²) in [5, 5.41) is 27.6. The zero-order chi connectivity index (χ0) is 21.0.